The Hall–Kier alpha value is -0.300. The predicted octanol–water partition coefficient (Wildman–Crippen LogP) is 2.34. The minimum atomic E-state index is 0.699. The maximum Gasteiger partial charge on any atom is 0.0104 e. The summed E-state index contributed by atoms with van der Waals surface area (Å²) in [5.74, 6) is 1.03. The molecule has 11 heavy (non-hydrogen) atoms. The lowest BCUT2D eigenvalue weighted by Crippen LogP contribution is -2.28. The molecule has 1 saturated carbocycles. The molecule has 0 bridgehead atoms. The summed E-state index contributed by atoms with van der Waals surface area (Å²) in [6, 6.07) is 0.699. The Morgan fingerprint density at radius 1 is 1.64 bits per heavy atom. The van der Waals surface area contributed by atoms with Gasteiger partial charge in [-0.05, 0) is 25.3 Å². The van der Waals surface area contributed by atoms with Crippen LogP contribution in [-0.4, -0.2) is 12.6 Å². The SMILES string of the molecule is C=CCC(CC1CC1)NCC. The van der Waals surface area contributed by atoms with Crippen LogP contribution in [0, 0.1) is 5.92 Å². The maximum absolute atomic E-state index is 3.77. The Labute approximate surface area is 69.9 Å². The van der Waals surface area contributed by atoms with Gasteiger partial charge in [-0.3, -0.25) is 0 Å². The topological polar surface area (TPSA) is 12.0 Å². The lowest BCUT2D eigenvalue weighted by Gasteiger charge is -2.14. The van der Waals surface area contributed by atoms with E-state index >= 15 is 0 Å². The second-order valence-corrected chi connectivity index (χ2v) is 3.46. The van der Waals surface area contributed by atoms with Gasteiger partial charge in [0.05, 0.1) is 0 Å². The van der Waals surface area contributed by atoms with Crippen molar-refractivity contribution >= 4 is 0 Å². The first kappa shape index (κ1) is 8.79. The Kier molecular flexibility index (Phi) is 3.64. The van der Waals surface area contributed by atoms with Gasteiger partial charge in [-0.25, -0.2) is 0 Å². The van der Waals surface area contributed by atoms with Gasteiger partial charge in [0.15, 0.2) is 0 Å². The van der Waals surface area contributed by atoms with E-state index in [1.54, 1.807) is 0 Å². The van der Waals surface area contributed by atoms with Crippen LogP contribution in [0.3, 0.4) is 0 Å². The smallest absolute Gasteiger partial charge is 0.0104 e. The third-order valence-corrected chi connectivity index (χ3v) is 2.26. The first-order valence-corrected chi connectivity index (χ1v) is 4.71. The molecule has 1 aliphatic carbocycles. The van der Waals surface area contributed by atoms with Crippen molar-refractivity contribution in [3.63, 3.8) is 0 Å². The van der Waals surface area contributed by atoms with Gasteiger partial charge in [-0.15, -0.1) is 6.58 Å². The van der Waals surface area contributed by atoms with Crippen LogP contribution in [0.25, 0.3) is 0 Å². The van der Waals surface area contributed by atoms with E-state index in [1.807, 2.05) is 6.08 Å². The van der Waals surface area contributed by atoms with Crippen molar-refractivity contribution in [1.82, 2.24) is 5.32 Å². The standard InChI is InChI=1S/C10H19N/c1-3-5-10(11-4-2)8-9-6-7-9/h3,9-11H,1,4-8H2,2H3. The molecule has 0 aromatic carbocycles. The summed E-state index contributed by atoms with van der Waals surface area (Å²) >= 11 is 0. The maximum atomic E-state index is 3.77. The molecule has 0 saturated heterocycles. The van der Waals surface area contributed by atoms with E-state index in [2.05, 4.69) is 18.8 Å². The van der Waals surface area contributed by atoms with Gasteiger partial charge in [0.1, 0.15) is 0 Å². The first-order chi connectivity index (χ1) is 5.36. The second kappa shape index (κ2) is 4.55. The fraction of sp³-hybridized carbons (Fsp3) is 0.800. The van der Waals surface area contributed by atoms with E-state index in [0.717, 1.165) is 18.9 Å². The van der Waals surface area contributed by atoms with Crippen molar-refractivity contribution in [3.05, 3.63) is 12.7 Å². The second-order valence-electron chi connectivity index (χ2n) is 3.46. The highest BCUT2D eigenvalue weighted by molar-refractivity contribution is 4.84. The molecule has 1 heteroatoms. The van der Waals surface area contributed by atoms with Crippen LogP contribution in [0.2, 0.25) is 0 Å². The van der Waals surface area contributed by atoms with E-state index in [-0.39, 0.29) is 0 Å². The normalized spacial score (nSPS) is 19.7. The van der Waals surface area contributed by atoms with Gasteiger partial charge < -0.3 is 5.32 Å². The van der Waals surface area contributed by atoms with Crippen LogP contribution in [0.5, 0.6) is 0 Å². The highest BCUT2D eigenvalue weighted by Crippen LogP contribution is 2.34. The summed E-state index contributed by atoms with van der Waals surface area (Å²) in [6.07, 6.45) is 7.43. The van der Waals surface area contributed by atoms with Gasteiger partial charge >= 0.3 is 0 Å². The monoisotopic (exact) mass is 153 g/mol. The lowest BCUT2D eigenvalue weighted by molar-refractivity contribution is 0.472. The average Bonchev–Trinajstić information content (AvgIpc) is 2.73. The Morgan fingerprint density at radius 2 is 2.36 bits per heavy atom. The van der Waals surface area contributed by atoms with Crippen molar-refractivity contribution in [2.75, 3.05) is 6.54 Å². The molecule has 0 aromatic rings. The van der Waals surface area contributed by atoms with E-state index in [9.17, 15) is 0 Å². The van der Waals surface area contributed by atoms with Crippen LogP contribution in [0.1, 0.15) is 32.6 Å². The molecule has 1 N–H and O–H groups in total. The Balaban J connectivity index is 2.13. The number of hydrogen-bond acceptors (Lipinski definition) is 1. The summed E-state index contributed by atoms with van der Waals surface area (Å²) in [4.78, 5) is 0. The zero-order chi connectivity index (χ0) is 8.10. The van der Waals surface area contributed by atoms with Crippen molar-refractivity contribution < 1.29 is 0 Å². The molecule has 0 aromatic heterocycles. The average molecular weight is 153 g/mol. The Morgan fingerprint density at radius 3 is 2.82 bits per heavy atom. The minimum Gasteiger partial charge on any atom is -0.314 e. The van der Waals surface area contributed by atoms with Crippen molar-refractivity contribution in [2.24, 2.45) is 5.92 Å². The number of hydrogen-bond donors (Lipinski definition) is 1. The molecule has 1 atom stereocenters. The zero-order valence-electron chi connectivity index (χ0n) is 7.47. The zero-order valence-corrected chi connectivity index (χ0v) is 7.47. The summed E-state index contributed by atoms with van der Waals surface area (Å²) in [5.41, 5.74) is 0. The lowest BCUT2D eigenvalue weighted by atomic mass is 10.1. The van der Waals surface area contributed by atoms with E-state index in [0.29, 0.717) is 6.04 Å². The molecule has 0 radical (unpaired) electrons. The third-order valence-electron chi connectivity index (χ3n) is 2.26. The van der Waals surface area contributed by atoms with E-state index in [4.69, 9.17) is 0 Å². The quantitative estimate of drug-likeness (QED) is 0.577. The molecule has 0 heterocycles. The van der Waals surface area contributed by atoms with Gasteiger partial charge in [0.25, 0.3) is 0 Å². The highest BCUT2D eigenvalue weighted by Gasteiger charge is 2.24. The molecular weight excluding hydrogens is 134 g/mol. The molecule has 1 nitrogen and oxygen atoms in total. The fourth-order valence-corrected chi connectivity index (χ4v) is 1.51. The van der Waals surface area contributed by atoms with Crippen LogP contribution in [0.15, 0.2) is 12.7 Å². The highest BCUT2D eigenvalue weighted by atomic mass is 14.9. The van der Waals surface area contributed by atoms with Crippen molar-refractivity contribution in [1.29, 1.82) is 0 Å². The van der Waals surface area contributed by atoms with Crippen molar-refractivity contribution in [2.45, 2.75) is 38.6 Å². The summed E-state index contributed by atoms with van der Waals surface area (Å²) in [7, 11) is 0. The fourth-order valence-electron chi connectivity index (χ4n) is 1.51. The van der Waals surface area contributed by atoms with E-state index in [1.165, 1.54) is 19.3 Å². The van der Waals surface area contributed by atoms with Crippen molar-refractivity contribution in [3.8, 4) is 0 Å². The molecular formula is C10H19N. The van der Waals surface area contributed by atoms with Crippen LogP contribution >= 0.6 is 0 Å². The molecule has 0 amide bonds. The van der Waals surface area contributed by atoms with Gasteiger partial charge in [0, 0.05) is 6.04 Å². The molecule has 0 spiro atoms. The molecule has 1 fully saturated rings. The van der Waals surface area contributed by atoms with Gasteiger partial charge in [-0.1, -0.05) is 25.8 Å². The van der Waals surface area contributed by atoms with Crippen LogP contribution < -0.4 is 5.32 Å². The summed E-state index contributed by atoms with van der Waals surface area (Å²) in [6.45, 7) is 7.03. The summed E-state index contributed by atoms with van der Waals surface area (Å²) < 4.78 is 0. The number of rotatable bonds is 6. The molecule has 1 rings (SSSR count). The minimum absolute atomic E-state index is 0.699. The predicted molar refractivity (Wildman–Crippen MR) is 49.6 cm³/mol. The van der Waals surface area contributed by atoms with E-state index < -0.39 is 0 Å². The molecule has 1 aliphatic rings. The van der Waals surface area contributed by atoms with Crippen LogP contribution in [0.4, 0.5) is 0 Å². The summed E-state index contributed by atoms with van der Waals surface area (Å²) in [5, 5.41) is 3.48. The largest absolute Gasteiger partial charge is 0.314 e. The molecule has 64 valence electrons. The van der Waals surface area contributed by atoms with Gasteiger partial charge in [0.2, 0.25) is 0 Å². The molecule has 0 aliphatic heterocycles. The van der Waals surface area contributed by atoms with Crippen LogP contribution in [-0.2, 0) is 0 Å². The van der Waals surface area contributed by atoms with Gasteiger partial charge in [-0.2, -0.15) is 0 Å². The molecule has 1 unspecified atom stereocenters. The first-order valence-electron chi connectivity index (χ1n) is 4.71. The Bertz CT molecular complexity index is 116. The number of nitrogens with one attached hydrogen (secondary N) is 1. The third kappa shape index (κ3) is 3.57.